The van der Waals surface area contributed by atoms with Gasteiger partial charge < -0.3 is 0 Å². The van der Waals surface area contributed by atoms with Crippen LogP contribution in [0.15, 0.2) is 12.0 Å². The van der Waals surface area contributed by atoms with Gasteiger partial charge in [-0.15, -0.1) is 4.39 Å². The van der Waals surface area contributed by atoms with Crippen LogP contribution in [-0.2, 0) is 0 Å². The van der Waals surface area contributed by atoms with Crippen molar-refractivity contribution in [3.8, 4) is 0 Å². The van der Waals surface area contributed by atoms with E-state index in [-0.39, 0.29) is 0 Å². The molecule has 8 heavy (non-hydrogen) atoms. The van der Waals surface area contributed by atoms with Gasteiger partial charge in [0.15, 0.2) is 0 Å². The van der Waals surface area contributed by atoms with Gasteiger partial charge in [-0.2, -0.15) is 8.78 Å². The maximum Gasteiger partial charge on any atom is 0.485 e. The number of hydrogen-bond acceptors (Lipinski definition) is 2. The zero-order valence-electron chi connectivity index (χ0n) is 3.40. The van der Waals surface area contributed by atoms with E-state index in [2.05, 4.69) is 0 Å². The van der Waals surface area contributed by atoms with E-state index in [0.29, 0.717) is 0 Å². The van der Waals surface area contributed by atoms with Crippen molar-refractivity contribution in [2.45, 2.75) is 0 Å². The van der Waals surface area contributed by atoms with Crippen LogP contribution in [0.5, 0.6) is 0 Å². The number of nitrogens with zero attached hydrogens (tertiary/aromatic N) is 1. The Labute approximate surface area is 41.6 Å². The van der Waals surface area contributed by atoms with E-state index >= 15 is 0 Å². The molecule has 46 valence electrons. The quantitative estimate of drug-likeness (QED) is 0.302. The number of nitro groups is 1. The average Bonchev–Trinajstić information content (AvgIpc) is 1.64. The summed E-state index contributed by atoms with van der Waals surface area (Å²) in [6, 6.07) is 0. The van der Waals surface area contributed by atoms with Crippen LogP contribution < -0.4 is 0 Å². The number of rotatable bonds is 1. The van der Waals surface area contributed by atoms with Gasteiger partial charge in [0.1, 0.15) is 4.92 Å². The van der Waals surface area contributed by atoms with Gasteiger partial charge >= 0.3 is 12.0 Å². The molecule has 0 aromatic carbocycles. The minimum Gasteiger partial charge on any atom is -0.256 e. The third-order valence-electron chi connectivity index (χ3n) is 0.316. The highest BCUT2D eigenvalue weighted by molar-refractivity contribution is 4.78. The number of halogens is 3. The maximum absolute atomic E-state index is 11.1. The van der Waals surface area contributed by atoms with Crippen molar-refractivity contribution in [1.29, 1.82) is 0 Å². The van der Waals surface area contributed by atoms with Crippen molar-refractivity contribution in [1.82, 2.24) is 0 Å². The van der Waals surface area contributed by atoms with Crippen molar-refractivity contribution in [3.63, 3.8) is 0 Å². The molecule has 0 bridgehead atoms. The Morgan fingerprint density at radius 3 is 1.75 bits per heavy atom. The lowest BCUT2D eigenvalue weighted by molar-refractivity contribution is -0.451. The summed E-state index contributed by atoms with van der Waals surface area (Å²) in [6.45, 7) is 0. The fraction of sp³-hybridized carbons (Fsp3) is 0. The van der Waals surface area contributed by atoms with Crippen molar-refractivity contribution >= 4 is 0 Å². The second kappa shape index (κ2) is 2.29. The van der Waals surface area contributed by atoms with Crippen LogP contribution in [0.3, 0.4) is 0 Å². The lowest BCUT2D eigenvalue weighted by Crippen LogP contribution is -1.92. The fourth-order valence-corrected chi connectivity index (χ4v) is 0.0690. The molecule has 0 N–H and O–H groups in total. The van der Waals surface area contributed by atoms with Crippen LogP contribution >= 0.6 is 0 Å². The van der Waals surface area contributed by atoms with Gasteiger partial charge in [-0.3, -0.25) is 10.1 Å². The highest BCUT2D eigenvalue weighted by atomic mass is 19.3. The molecular formula is C2F3NO2. The Hall–Kier alpha value is -1.07. The molecule has 6 heteroatoms. The van der Waals surface area contributed by atoms with E-state index in [4.69, 9.17) is 10.1 Å². The molecule has 0 atom stereocenters. The Kier molecular flexibility index (Phi) is 1.99. The summed E-state index contributed by atoms with van der Waals surface area (Å²) in [5.74, 6) is -2.59. The van der Waals surface area contributed by atoms with Gasteiger partial charge in [-0.25, -0.2) is 0 Å². The van der Waals surface area contributed by atoms with Crippen LogP contribution in [-0.4, -0.2) is 4.92 Å². The molecule has 0 saturated heterocycles. The van der Waals surface area contributed by atoms with Gasteiger partial charge in [-0.05, 0) is 0 Å². The van der Waals surface area contributed by atoms with Crippen LogP contribution in [0, 0.1) is 10.1 Å². The van der Waals surface area contributed by atoms with Crippen molar-refractivity contribution in [2.24, 2.45) is 0 Å². The first-order valence-electron chi connectivity index (χ1n) is 1.41. The van der Waals surface area contributed by atoms with Crippen molar-refractivity contribution in [3.05, 3.63) is 22.1 Å². The first kappa shape index (κ1) is 6.93. The highest BCUT2D eigenvalue weighted by Crippen LogP contribution is 2.07. The lowest BCUT2D eigenvalue weighted by Gasteiger charge is -1.78. The topological polar surface area (TPSA) is 43.1 Å². The Morgan fingerprint density at radius 2 is 1.75 bits per heavy atom. The third kappa shape index (κ3) is 1.59. The van der Waals surface area contributed by atoms with Gasteiger partial charge in [-0.1, -0.05) is 0 Å². The molecule has 0 unspecified atom stereocenters. The molecule has 0 aromatic heterocycles. The molecule has 0 fully saturated rings. The summed E-state index contributed by atoms with van der Waals surface area (Å²) in [7, 11) is 0. The molecule has 0 aliphatic heterocycles. The van der Waals surface area contributed by atoms with E-state index in [1.165, 1.54) is 0 Å². The van der Waals surface area contributed by atoms with E-state index in [1.54, 1.807) is 0 Å². The minimum atomic E-state index is -2.91. The number of hydrogen-bond donors (Lipinski definition) is 0. The molecule has 0 radical (unpaired) electrons. The predicted molar refractivity (Wildman–Crippen MR) is 17.3 cm³/mol. The van der Waals surface area contributed by atoms with Gasteiger partial charge in [0.2, 0.25) is 0 Å². The zero-order valence-corrected chi connectivity index (χ0v) is 3.40. The zero-order chi connectivity index (χ0) is 6.73. The van der Waals surface area contributed by atoms with Crippen LogP contribution in [0.25, 0.3) is 0 Å². The minimum absolute atomic E-state index is 1.80. The van der Waals surface area contributed by atoms with E-state index in [9.17, 15) is 13.2 Å². The first-order chi connectivity index (χ1) is 3.55. The monoisotopic (exact) mass is 127 g/mol. The van der Waals surface area contributed by atoms with Crippen molar-refractivity contribution in [2.75, 3.05) is 0 Å². The molecule has 0 aromatic rings. The van der Waals surface area contributed by atoms with Crippen LogP contribution in [0.2, 0.25) is 0 Å². The molecular weight excluding hydrogens is 127 g/mol. The second-order valence-corrected chi connectivity index (χ2v) is 0.808. The van der Waals surface area contributed by atoms with Crippen molar-refractivity contribution < 1.29 is 18.1 Å². The summed E-state index contributed by atoms with van der Waals surface area (Å²) in [5.41, 5.74) is 0. The molecule has 0 aliphatic carbocycles. The summed E-state index contributed by atoms with van der Waals surface area (Å²) in [6.07, 6.45) is -2.91. The molecule has 0 heterocycles. The van der Waals surface area contributed by atoms with Gasteiger partial charge in [0.05, 0.1) is 0 Å². The third-order valence-corrected chi connectivity index (χ3v) is 0.316. The van der Waals surface area contributed by atoms with Crippen LogP contribution in [0.1, 0.15) is 0 Å². The molecule has 0 saturated carbocycles. The predicted octanol–water partition coefficient (Wildman–Crippen LogP) is 1.30. The highest BCUT2D eigenvalue weighted by Gasteiger charge is 2.16. The smallest absolute Gasteiger partial charge is 0.256 e. The fourth-order valence-electron chi connectivity index (χ4n) is 0.0690. The summed E-state index contributed by atoms with van der Waals surface area (Å²) in [5, 5.41) is 9.03. The standard InChI is InChI=1S/C2F3NO2/c3-1(4)2(5)6(7)8. The average molecular weight is 127 g/mol. The summed E-state index contributed by atoms with van der Waals surface area (Å²) in [4.78, 5) is 7.24. The Bertz CT molecular complexity index is 138. The summed E-state index contributed by atoms with van der Waals surface area (Å²) < 4.78 is 32.6. The SMILES string of the molecule is O=[N+]([O-])C(F)=C(F)F. The second-order valence-electron chi connectivity index (χ2n) is 0.808. The largest absolute Gasteiger partial charge is 0.485 e. The van der Waals surface area contributed by atoms with Gasteiger partial charge in [0.25, 0.3) is 0 Å². The Morgan fingerprint density at radius 1 is 1.38 bits per heavy atom. The molecule has 0 aliphatic rings. The first-order valence-corrected chi connectivity index (χ1v) is 1.41. The maximum atomic E-state index is 11.1. The van der Waals surface area contributed by atoms with Crippen LogP contribution in [0.4, 0.5) is 13.2 Å². The molecule has 0 amide bonds. The van der Waals surface area contributed by atoms with E-state index < -0.39 is 17.0 Å². The summed E-state index contributed by atoms with van der Waals surface area (Å²) >= 11 is 0. The molecule has 0 rings (SSSR count). The lowest BCUT2D eigenvalue weighted by atomic mass is 10.9. The molecule has 0 spiro atoms. The molecule has 3 nitrogen and oxygen atoms in total. The normalized spacial score (nSPS) is 8.38. The Balaban J connectivity index is 4.23. The van der Waals surface area contributed by atoms with E-state index in [1.807, 2.05) is 0 Å². The van der Waals surface area contributed by atoms with E-state index in [0.717, 1.165) is 0 Å². The van der Waals surface area contributed by atoms with Gasteiger partial charge in [0, 0.05) is 0 Å².